The van der Waals surface area contributed by atoms with Gasteiger partial charge in [-0.3, -0.25) is 4.68 Å². The summed E-state index contributed by atoms with van der Waals surface area (Å²) in [6.45, 7) is 4.14. The van der Waals surface area contributed by atoms with E-state index in [4.69, 9.17) is 0 Å². The zero-order chi connectivity index (χ0) is 12.4. The first-order valence-corrected chi connectivity index (χ1v) is 6.73. The highest BCUT2D eigenvalue weighted by atomic mass is 15.3. The smallest absolute Gasteiger partial charge is 0.0525 e. The first-order chi connectivity index (χ1) is 8.86. The van der Waals surface area contributed by atoms with Gasteiger partial charge in [-0.25, -0.2) is 0 Å². The average Bonchev–Trinajstić information content (AvgIpc) is 2.87. The highest BCUT2D eigenvalue weighted by molar-refractivity contribution is 5.60. The third kappa shape index (κ3) is 2.13. The molecule has 3 rings (SSSR count). The van der Waals surface area contributed by atoms with Crippen LogP contribution in [-0.4, -0.2) is 16.3 Å². The van der Waals surface area contributed by atoms with Crippen molar-refractivity contribution in [3.05, 3.63) is 47.3 Å². The Kier molecular flexibility index (Phi) is 3.05. The van der Waals surface area contributed by atoms with Crippen LogP contribution in [0, 0.1) is 0 Å². The summed E-state index contributed by atoms with van der Waals surface area (Å²) in [6, 6.07) is 6.63. The maximum atomic E-state index is 4.34. The molecule has 1 aliphatic rings. The predicted octanol–water partition coefficient (Wildman–Crippen LogP) is 2.85. The molecule has 1 N–H and O–H groups in total. The van der Waals surface area contributed by atoms with Gasteiger partial charge >= 0.3 is 0 Å². The van der Waals surface area contributed by atoms with Gasteiger partial charge in [-0.15, -0.1) is 0 Å². The molecule has 1 aromatic carbocycles. The van der Waals surface area contributed by atoms with Crippen molar-refractivity contribution in [3.63, 3.8) is 0 Å². The fourth-order valence-corrected chi connectivity index (χ4v) is 2.62. The van der Waals surface area contributed by atoms with Gasteiger partial charge < -0.3 is 5.32 Å². The minimum Gasteiger partial charge on any atom is -0.385 e. The Balaban J connectivity index is 1.88. The molecule has 2 heterocycles. The van der Waals surface area contributed by atoms with Gasteiger partial charge in [-0.2, -0.15) is 5.10 Å². The molecule has 1 aliphatic heterocycles. The van der Waals surface area contributed by atoms with Crippen LogP contribution in [0.2, 0.25) is 0 Å². The van der Waals surface area contributed by atoms with Crippen LogP contribution in [0.5, 0.6) is 0 Å². The van der Waals surface area contributed by atoms with E-state index in [9.17, 15) is 0 Å². The minimum atomic E-state index is 0.936. The van der Waals surface area contributed by atoms with Gasteiger partial charge in [0, 0.05) is 31.4 Å². The average molecular weight is 241 g/mol. The standard InChI is InChI=1S/C15H19N3/c1-2-18-11-12(10-17-18)9-14-6-3-5-13-7-4-8-16-15(13)14/h3,5-6,10-11,16H,2,4,7-9H2,1H3. The quantitative estimate of drug-likeness (QED) is 0.895. The molecule has 0 spiro atoms. The Hall–Kier alpha value is -1.77. The number of anilines is 1. The van der Waals surface area contributed by atoms with Crippen LogP contribution in [0.3, 0.4) is 0 Å². The largest absolute Gasteiger partial charge is 0.385 e. The molecule has 0 aliphatic carbocycles. The molecule has 94 valence electrons. The summed E-state index contributed by atoms with van der Waals surface area (Å²) >= 11 is 0. The second-order valence-electron chi connectivity index (χ2n) is 4.86. The molecule has 1 aromatic heterocycles. The fraction of sp³-hybridized carbons (Fsp3) is 0.400. The molecule has 0 amide bonds. The first kappa shape index (κ1) is 11.3. The SMILES string of the molecule is CCn1cc(Cc2cccc3c2NCCC3)cn1. The summed E-state index contributed by atoms with van der Waals surface area (Å²) in [6.07, 6.45) is 7.53. The van der Waals surface area contributed by atoms with E-state index in [1.807, 2.05) is 10.9 Å². The Morgan fingerprint density at radius 3 is 3.17 bits per heavy atom. The van der Waals surface area contributed by atoms with Crippen molar-refractivity contribution in [2.75, 3.05) is 11.9 Å². The number of hydrogen-bond acceptors (Lipinski definition) is 2. The molecule has 3 nitrogen and oxygen atoms in total. The monoisotopic (exact) mass is 241 g/mol. The minimum absolute atomic E-state index is 0.936. The van der Waals surface area contributed by atoms with Crippen LogP contribution in [0.1, 0.15) is 30.0 Å². The van der Waals surface area contributed by atoms with Crippen LogP contribution in [0.25, 0.3) is 0 Å². The number of aromatic nitrogens is 2. The van der Waals surface area contributed by atoms with E-state index >= 15 is 0 Å². The van der Waals surface area contributed by atoms with E-state index in [1.54, 1.807) is 0 Å². The number of nitrogens with zero attached hydrogens (tertiary/aromatic N) is 2. The summed E-state index contributed by atoms with van der Waals surface area (Å²) in [5.74, 6) is 0. The second-order valence-corrected chi connectivity index (χ2v) is 4.86. The molecular weight excluding hydrogens is 222 g/mol. The molecule has 0 bridgehead atoms. The number of benzene rings is 1. The number of aryl methyl sites for hydroxylation is 2. The van der Waals surface area contributed by atoms with Crippen molar-refractivity contribution in [3.8, 4) is 0 Å². The topological polar surface area (TPSA) is 29.9 Å². The Labute approximate surface area is 108 Å². The van der Waals surface area contributed by atoms with Crippen molar-refractivity contribution in [2.24, 2.45) is 0 Å². The Morgan fingerprint density at radius 1 is 1.39 bits per heavy atom. The number of para-hydroxylation sites is 1. The predicted molar refractivity (Wildman–Crippen MR) is 74.0 cm³/mol. The van der Waals surface area contributed by atoms with Crippen LogP contribution >= 0.6 is 0 Å². The molecule has 0 radical (unpaired) electrons. The molecule has 0 saturated heterocycles. The van der Waals surface area contributed by atoms with Crippen molar-refractivity contribution >= 4 is 5.69 Å². The van der Waals surface area contributed by atoms with Crippen LogP contribution in [0.4, 0.5) is 5.69 Å². The zero-order valence-electron chi connectivity index (χ0n) is 10.8. The molecule has 0 unspecified atom stereocenters. The first-order valence-electron chi connectivity index (χ1n) is 6.73. The van der Waals surface area contributed by atoms with E-state index in [0.29, 0.717) is 0 Å². The van der Waals surface area contributed by atoms with Crippen molar-refractivity contribution < 1.29 is 0 Å². The third-order valence-electron chi connectivity index (χ3n) is 3.57. The third-order valence-corrected chi connectivity index (χ3v) is 3.57. The van der Waals surface area contributed by atoms with E-state index in [2.05, 4.69) is 41.7 Å². The van der Waals surface area contributed by atoms with Gasteiger partial charge in [0.2, 0.25) is 0 Å². The normalized spacial score (nSPS) is 14.1. The lowest BCUT2D eigenvalue weighted by Gasteiger charge is -2.21. The van der Waals surface area contributed by atoms with E-state index in [1.165, 1.54) is 35.2 Å². The van der Waals surface area contributed by atoms with Crippen LogP contribution < -0.4 is 5.32 Å². The van der Waals surface area contributed by atoms with E-state index < -0.39 is 0 Å². The summed E-state index contributed by atoms with van der Waals surface area (Å²) in [5.41, 5.74) is 5.50. The molecule has 3 heteroatoms. The van der Waals surface area contributed by atoms with Gasteiger partial charge in [0.05, 0.1) is 6.20 Å². The number of rotatable bonds is 3. The van der Waals surface area contributed by atoms with Crippen molar-refractivity contribution in [2.45, 2.75) is 32.7 Å². The molecule has 2 aromatic rings. The molecular formula is C15H19N3. The summed E-state index contributed by atoms with van der Waals surface area (Å²) in [5, 5.41) is 7.88. The van der Waals surface area contributed by atoms with Gasteiger partial charge in [0.1, 0.15) is 0 Å². The lowest BCUT2D eigenvalue weighted by molar-refractivity contribution is 0.659. The Morgan fingerprint density at radius 2 is 2.33 bits per heavy atom. The van der Waals surface area contributed by atoms with Gasteiger partial charge in [0.25, 0.3) is 0 Å². The number of nitrogens with one attached hydrogen (secondary N) is 1. The second kappa shape index (κ2) is 4.84. The summed E-state index contributed by atoms with van der Waals surface area (Å²) in [4.78, 5) is 0. The maximum Gasteiger partial charge on any atom is 0.0525 e. The van der Waals surface area contributed by atoms with Crippen molar-refractivity contribution in [1.82, 2.24) is 9.78 Å². The summed E-state index contributed by atoms with van der Waals surface area (Å²) < 4.78 is 1.98. The Bertz CT molecular complexity index is 542. The van der Waals surface area contributed by atoms with Crippen molar-refractivity contribution in [1.29, 1.82) is 0 Å². The van der Waals surface area contributed by atoms with E-state index in [0.717, 1.165) is 19.5 Å². The maximum absolute atomic E-state index is 4.34. The lowest BCUT2D eigenvalue weighted by atomic mass is 9.96. The highest BCUT2D eigenvalue weighted by Crippen LogP contribution is 2.27. The zero-order valence-corrected chi connectivity index (χ0v) is 10.8. The van der Waals surface area contributed by atoms with Gasteiger partial charge in [-0.1, -0.05) is 18.2 Å². The molecule has 0 atom stereocenters. The van der Waals surface area contributed by atoms with Gasteiger partial charge in [0.15, 0.2) is 0 Å². The fourth-order valence-electron chi connectivity index (χ4n) is 2.62. The van der Waals surface area contributed by atoms with Gasteiger partial charge in [-0.05, 0) is 36.5 Å². The van der Waals surface area contributed by atoms with Crippen LogP contribution in [0.15, 0.2) is 30.6 Å². The van der Waals surface area contributed by atoms with Crippen LogP contribution in [-0.2, 0) is 19.4 Å². The van der Waals surface area contributed by atoms with E-state index in [-0.39, 0.29) is 0 Å². The molecule has 0 fully saturated rings. The number of fused-ring (bicyclic) bond motifs is 1. The number of hydrogen-bond donors (Lipinski definition) is 1. The molecule has 0 saturated carbocycles. The lowest BCUT2D eigenvalue weighted by Crippen LogP contribution is -2.13. The highest BCUT2D eigenvalue weighted by Gasteiger charge is 2.12. The summed E-state index contributed by atoms with van der Waals surface area (Å²) in [7, 11) is 0. The molecule has 18 heavy (non-hydrogen) atoms.